The standard InChI is InChI=1S/C29H37N3O4/c1-9-32(25(26(33)30-19(2)3)23-17-20(4)15-16-21(23)5)27(34)24(18-22-13-11-10-12-14-22)31-28(35)36-29(6,7)8/h1,10-17,19,24-25H,18H2,2-8H3,(H,30,33)(H,31,35). The molecular weight excluding hydrogens is 454 g/mol. The van der Waals surface area contributed by atoms with Crippen molar-refractivity contribution in [3.63, 3.8) is 0 Å². The van der Waals surface area contributed by atoms with Crippen molar-refractivity contribution in [2.24, 2.45) is 0 Å². The van der Waals surface area contributed by atoms with Crippen molar-refractivity contribution >= 4 is 17.9 Å². The third kappa shape index (κ3) is 8.16. The summed E-state index contributed by atoms with van der Waals surface area (Å²) in [5, 5.41) is 5.55. The van der Waals surface area contributed by atoms with Crippen molar-refractivity contribution in [3.8, 4) is 12.5 Å². The molecule has 2 rings (SSSR count). The van der Waals surface area contributed by atoms with Crippen molar-refractivity contribution in [1.29, 1.82) is 0 Å². The van der Waals surface area contributed by atoms with Crippen LogP contribution in [0.4, 0.5) is 4.79 Å². The summed E-state index contributed by atoms with van der Waals surface area (Å²) in [7, 11) is 0. The molecule has 0 saturated heterocycles. The first-order valence-corrected chi connectivity index (χ1v) is 12.0. The van der Waals surface area contributed by atoms with E-state index in [-0.39, 0.29) is 12.5 Å². The van der Waals surface area contributed by atoms with E-state index in [1.54, 1.807) is 20.8 Å². The number of rotatable bonds is 8. The number of hydrogen-bond acceptors (Lipinski definition) is 4. The number of aryl methyl sites for hydroxylation is 2. The summed E-state index contributed by atoms with van der Waals surface area (Å²) >= 11 is 0. The van der Waals surface area contributed by atoms with Crippen molar-refractivity contribution in [3.05, 3.63) is 70.8 Å². The monoisotopic (exact) mass is 491 g/mol. The molecule has 0 bridgehead atoms. The van der Waals surface area contributed by atoms with Gasteiger partial charge in [0.1, 0.15) is 17.7 Å². The minimum atomic E-state index is -1.08. The molecule has 2 N–H and O–H groups in total. The third-order valence-corrected chi connectivity index (χ3v) is 5.32. The van der Waals surface area contributed by atoms with E-state index in [0.717, 1.165) is 21.6 Å². The van der Waals surface area contributed by atoms with Crippen LogP contribution in [-0.2, 0) is 20.7 Å². The van der Waals surface area contributed by atoms with Gasteiger partial charge in [0.05, 0.1) is 0 Å². The second kappa shape index (κ2) is 12.3. The first kappa shape index (κ1) is 28.4. The predicted molar refractivity (Wildman–Crippen MR) is 141 cm³/mol. The number of carbonyl (C=O) groups is 3. The van der Waals surface area contributed by atoms with Gasteiger partial charge in [0.15, 0.2) is 0 Å². The number of alkyl carbamates (subject to hydrolysis) is 1. The molecule has 7 nitrogen and oxygen atoms in total. The van der Waals surface area contributed by atoms with Crippen molar-refractivity contribution in [2.75, 3.05) is 0 Å². The quantitative estimate of drug-likeness (QED) is 0.423. The molecule has 0 aromatic heterocycles. The lowest BCUT2D eigenvalue weighted by Crippen LogP contribution is -2.52. The maximum atomic E-state index is 13.9. The fourth-order valence-electron chi connectivity index (χ4n) is 3.75. The van der Waals surface area contributed by atoms with Crippen LogP contribution in [0.5, 0.6) is 0 Å². The van der Waals surface area contributed by atoms with Gasteiger partial charge in [-0.15, -0.1) is 0 Å². The molecule has 0 saturated carbocycles. The van der Waals surface area contributed by atoms with E-state index < -0.39 is 35.6 Å². The first-order valence-electron chi connectivity index (χ1n) is 12.0. The van der Waals surface area contributed by atoms with Gasteiger partial charge in [0, 0.05) is 18.5 Å². The van der Waals surface area contributed by atoms with E-state index >= 15 is 0 Å². The number of nitrogens with one attached hydrogen (secondary N) is 2. The molecule has 192 valence electrons. The zero-order valence-electron chi connectivity index (χ0n) is 22.2. The number of benzene rings is 2. The molecule has 0 heterocycles. The van der Waals surface area contributed by atoms with Crippen LogP contribution in [0.15, 0.2) is 48.5 Å². The maximum absolute atomic E-state index is 13.9. The minimum absolute atomic E-state index is 0.167. The Morgan fingerprint density at radius 2 is 1.67 bits per heavy atom. The predicted octanol–water partition coefficient (Wildman–Crippen LogP) is 4.42. The zero-order chi connectivity index (χ0) is 27.0. The van der Waals surface area contributed by atoms with Crippen LogP contribution in [-0.4, -0.2) is 40.5 Å². The molecule has 0 fully saturated rings. The summed E-state index contributed by atoms with van der Waals surface area (Å²) in [4.78, 5) is 41.0. The van der Waals surface area contributed by atoms with Crippen LogP contribution in [0.2, 0.25) is 0 Å². The Bertz CT molecular complexity index is 1110. The smallest absolute Gasteiger partial charge is 0.408 e. The SMILES string of the molecule is C#CN(C(=O)C(Cc1ccccc1)NC(=O)OC(C)(C)C)C(C(=O)NC(C)C)c1cc(C)ccc1C. The number of nitrogens with zero attached hydrogens (tertiary/aromatic N) is 1. The lowest BCUT2D eigenvalue weighted by atomic mass is 9.95. The number of hydrogen-bond donors (Lipinski definition) is 2. The molecule has 2 aromatic rings. The Morgan fingerprint density at radius 1 is 1.03 bits per heavy atom. The Morgan fingerprint density at radius 3 is 2.22 bits per heavy atom. The summed E-state index contributed by atoms with van der Waals surface area (Å²) in [6, 6.07) is 15.0. The van der Waals surface area contributed by atoms with Crippen LogP contribution in [0.3, 0.4) is 0 Å². The van der Waals surface area contributed by atoms with Gasteiger partial charge in [0.2, 0.25) is 5.91 Å². The molecule has 2 aromatic carbocycles. The molecule has 0 aliphatic rings. The summed E-state index contributed by atoms with van der Waals surface area (Å²) < 4.78 is 5.40. The molecule has 3 amide bonds. The highest BCUT2D eigenvalue weighted by molar-refractivity contribution is 5.93. The van der Waals surface area contributed by atoms with E-state index in [0.29, 0.717) is 5.56 Å². The summed E-state index contributed by atoms with van der Waals surface area (Å²) in [5.74, 6) is -0.988. The Balaban J connectivity index is 2.52. The van der Waals surface area contributed by atoms with E-state index in [1.165, 1.54) is 0 Å². The van der Waals surface area contributed by atoms with Gasteiger partial charge in [-0.3, -0.25) is 14.5 Å². The molecule has 0 aliphatic heterocycles. The van der Waals surface area contributed by atoms with Gasteiger partial charge in [-0.05, 0) is 65.2 Å². The van der Waals surface area contributed by atoms with E-state index in [2.05, 4.69) is 16.7 Å². The average Bonchev–Trinajstić information content (AvgIpc) is 2.77. The summed E-state index contributed by atoms with van der Waals surface area (Å²) in [6.07, 6.45) is 5.29. The van der Waals surface area contributed by atoms with Crippen LogP contribution in [0.25, 0.3) is 0 Å². The van der Waals surface area contributed by atoms with Crippen molar-refractivity contribution in [2.45, 2.75) is 78.6 Å². The van der Waals surface area contributed by atoms with Gasteiger partial charge < -0.3 is 15.4 Å². The molecule has 0 aliphatic carbocycles. The molecule has 0 radical (unpaired) electrons. The minimum Gasteiger partial charge on any atom is -0.444 e. The van der Waals surface area contributed by atoms with Crippen molar-refractivity contribution in [1.82, 2.24) is 15.5 Å². The summed E-state index contributed by atoms with van der Waals surface area (Å²) in [6.45, 7) is 12.7. The Kier molecular flexibility index (Phi) is 9.68. The first-order chi connectivity index (χ1) is 16.8. The van der Waals surface area contributed by atoms with E-state index in [4.69, 9.17) is 11.2 Å². The van der Waals surface area contributed by atoms with Crippen LogP contribution >= 0.6 is 0 Å². The fraction of sp³-hybridized carbons (Fsp3) is 0.414. The van der Waals surface area contributed by atoms with Gasteiger partial charge in [-0.2, -0.15) is 0 Å². The normalized spacial score (nSPS) is 12.8. The Labute approximate surface area is 214 Å². The molecule has 2 atom stereocenters. The van der Waals surface area contributed by atoms with E-state index in [1.807, 2.05) is 76.2 Å². The third-order valence-electron chi connectivity index (χ3n) is 5.32. The van der Waals surface area contributed by atoms with E-state index in [9.17, 15) is 14.4 Å². The number of amides is 3. The molecular formula is C29H37N3O4. The van der Waals surface area contributed by atoms with Crippen LogP contribution in [0, 0.1) is 26.3 Å². The van der Waals surface area contributed by atoms with Gasteiger partial charge in [-0.25, -0.2) is 4.79 Å². The maximum Gasteiger partial charge on any atom is 0.408 e. The van der Waals surface area contributed by atoms with Gasteiger partial charge in [-0.1, -0.05) is 60.5 Å². The highest BCUT2D eigenvalue weighted by Gasteiger charge is 2.37. The molecule has 7 heteroatoms. The fourth-order valence-corrected chi connectivity index (χ4v) is 3.75. The number of ether oxygens (including phenoxy) is 1. The molecule has 36 heavy (non-hydrogen) atoms. The zero-order valence-corrected chi connectivity index (χ0v) is 22.2. The lowest BCUT2D eigenvalue weighted by molar-refractivity contribution is -0.138. The topological polar surface area (TPSA) is 87.7 Å². The Hall–Kier alpha value is -3.79. The number of terminal acetylenes is 1. The summed E-state index contributed by atoms with van der Waals surface area (Å²) in [5.41, 5.74) is 2.43. The lowest BCUT2D eigenvalue weighted by Gasteiger charge is -2.31. The second-order valence-electron chi connectivity index (χ2n) is 10.2. The average molecular weight is 492 g/mol. The van der Waals surface area contributed by atoms with Gasteiger partial charge in [0.25, 0.3) is 5.91 Å². The highest BCUT2D eigenvalue weighted by atomic mass is 16.6. The van der Waals surface area contributed by atoms with Crippen molar-refractivity contribution < 1.29 is 19.1 Å². The molecule has 2 unspecified atom stereocenters. The molecule has 0 spiro atoms. The van der Waals surface area contributed by atoms with Crippen LogP contribution in [0.1, 0.15) is 62.9 Å². The van der Waals surface area contributed by atoms with Crippen LogP contribution < -0.4 is 10.6 Å². The second-order valence-corrected chi connectivity index (χ2v) is 10.2. The van der Waals surface area contributed by atoms with Gasteiger partial charge >= 0.3 is 6.09 Å². The highest BCUT2D eigenvalue weighted by Crippen LogP contribution is 2.27. The number of carbonyl (C=O) groups excluding carboxylic acids is 3. The largest absolute Gasteiger partial charge is 0.444 e.